The van der Waals surface area contributed by atoms with Gasteiger partial charge in [-0.1, -0.05) is 30.3 Å². The largest absolute Gasteiger partial charge is 0.495 e. The molecule has 0 unspecified atom stereocenters. The van der Waals surface area contributed by atoms with Crippen LogP contribution in [0.2, 0.25) is 0 Å². The summed E-state index contributed by atoms with van der Waals surface area (Å²) in [6, 6.07) is 17.1. The molecule has 2 aromatic carbocycles. The molecule has 3 aromatic rings. The minimum atomic E-state index is -0.518. The molecule has 0 aliphatic heterocycles. The summed E-state index contributed by atoms with van der Waals surface area (Å²) in [7, 11) is 2.89. The van der Waals surface area contributed by atoms with Crippen molar-refractivity contribution in [3.63, 3.8) is 0 Å². The molecular weight excluding hydrogens is 334 g/mol. The smallest absolute Gasteiger partial charge is 0.280 e. The van der Waals surface area contributed by atoms with E-state index in [0.29, 0.717) is 17.1 Å². The van der Waals surface area contributed by atoms with Crippen LogP contribution >= 0.6 is 0 Å². The molecule has 0 spiro atoms. The minimum absolute atomic E-state index is 0.0122. The number of para-hydroxylation sites is 3. The molecule has 7 heteroatoms. The molecular formula is C19H17N3O4. The molecule has 0 bridgehead atoms. The van der Waals surface area contributed by atoms with Crippen molar-refractivity contribution < 1.29 is 14.3 Å². The maximum atomic E-state index is 12.7. The van der Waals surface area contributed by atoms with Gasteiger partial charge in [0.1, 0.15) is 5.75 Å². The minimum Gasteiger partial charge on any atom is -0.495 e. The van der Waals surface area contributed by atoms with E-state index in [1.54, 1.807) is 48.5 Å². The van der Waals surface area contributed by atoms with Gasteiger partial charge in [0, 0.05) is 0 Å². The third-order valence-electron chi connectivity index (χ3n) is 3.69. The van der Waals surface area contributed by atoms with Gasteiger partial charge >= 0.3 is 0 Å². The number of anilines is 1. The van der Waals surface area contributed by atoms with Crippen LogP contribution in [0.15, 0.2) is 65.5 Å². The average Bonchev–Trinajstić information content (AvgIpc) is 2.68. The maximum Gasteiger partial charge on any atom is 0.280 e. The second-order valence-corrected chi connectivity index (χ2v) is 5.30. The van der Waals surface area contributed by atoms with Crippen LogP contribution in [0.5, 0.6) is 11.5 Å². The first-order valence-electron chi connectivity index (χ1n) is 7.82. The van der Waals surface area contributed by atoms with Crippen LogP contribution in [0.1, 0.15) is 10.5 Å². The molecule has 1 aromatic heterocycles. The molecule has 26 heavy (non-hydrogen) atoms. The van der Waals surface area contributed by atoms with Crippen LogP contribution in [0.25, 0.3) is 5.69 Å². The molecule has 0 saturated heterocycles. The van der Waals surface area contributed by atoms with Crippen LogP contribution in [-0.2, 0) is 0 Å². The van der Waals surface area contributed by atoms with E-state index >= 15 is 0 Å². The highest BCUT2D eigenvalue weighted by Crippen LogP contribution is 2.24. The van der Waals surface area contributed by atoms with Crippen LogP contribution in [-0.4, -0.2) is 29.9 Å². The van der Waals surface area contributed by atoms with Crippen molar-refractivity contribution in [3.8, 4) is 17.2 Å². The third kappa shape index (κ3) is 3.41. The Kier molecular flexibility index (Phi) is 4.98. The Balaban J connectivity index is 2.03. The fraction of sp³-hybridized carbons (Fsp3) is 0.105. The first-order chi connectivity index (χ1) is 12.6. The van der Waals surface area contributed by atoms with E-state index in [2.05, 4.69) is 10.4 Å². The molecule has 3 rings (SSSR count). The maximum absolute atomic E-state index is 12.7. The molecule has 0 atom stereocenters. The summed E-state index contributed by atoms with van der Waals surface area (Å²) >= 11 is 0. The SMILES string of the molecule is COc1ccccc1NC(=O)c1nn(-c2ccccc2)c(=O)cc1OC. The Morgan fingerprint density at radius 2 is 1.62 bits per heavy atom. The highest BCUT2D eigenvalue weighted by Gasteiger charge is 2.19. The van der Waals surface area contributed by atoms with Crippen molar-refractivity contribution in [2.75, 3.05) is 19.5 Å². The van der Waals surface area contributed by atoms with Gasteiger partial charge in [0.2, 0.25) is 0 Å². The van der Waals surface area contributed by atoms with Crippen LogP contribution in [0.4, 0.5) is 5.69 Å². The molecule has 0 aliphatic rings. The number of nitrogens with zero attached hydrogens (tertiary/aromatic N) is 2. The van der Waals surface area contributed by atoms with Crippen LogP contribution < -0.4 is 20.3 Å². The fourth-order valence-corrected chi connectivity index (χ4v) is 2.44. The van der Waals surface area contributed by atoms with Crippen molar-refractivity contribution in [2.45, 2.75) is 0 Å². The fourth-order valence-electron chi connectivity index (χ4n) is 2.44. The van der Waals surface area contributed by atoms with Gasteiger partial charge < -0.3 is 14.8 Å². The number of aromatic nitrogens is 2. The second kappa shape index (κ2) is 7.52. The zero-order valence-corrected chi connectivity index (χ0v) is 14.3. The van der Waals surface area contributed by atoms with Crippen LogP contribution in [0.3, 0.4) is 0 Å². The molecule has 0 fully saturated rings. The number of ether oxygens (including phenoxy) is 2. The Hall–Kier alpha value is -3.61. The second-order valence-electron chi connectivity index (χ2n) is 5.30. The lowest BCUT2D eigenvalue weighted by Gasteiger charge is -2.13. The molecule has 132 valence electrons. The average molecular weight is 351 g/mol. The quantitative estimate of drug-likeness (QED) is 0.764. The van der Waals surface area contributed by atoms with Gasteiger partial charge in [-0.25, -0.2) is 0 Å². The van der Waals surface area contributed by atoms with Crippen LogP contribution in [0, 0.1) is 0 Å². The van der Waals surface area contributed by atoms with Gasteiger partial charge in [-0.15, -0.1) is 0 Å². The normalized spacial score (nSPS) is 10.2. The van der Waals surface area contributed by atoms with Crippen molar-refractivity contribution in [2.24, 2.45) is 0 Å². The predicted octanol–water partition coefficient (Wildman–Crippen LogP) is 2.50. The van der Waals surface area contributed by atoms with Gasteiger partial charge in [-0.3, -0.25) is 9.59 Å². The topological polar surface area (TPSA) is 82.5 Å². The Morgan fingerprint density at radius 3 is 2.31 bits per heavy atom. The van der Waals surface area contributed by atoms with Crippen molar-refractivity contribution >= 4 is 11.6 Å². The molecule has 1 heterocycles. The third-order valence-corrected chi connectivity index (χ3v) is 3.69. The van der Waals surface area contributed by atoms with E-state index in [1.807, 2.05) is 6.07 Å². The van der Waals surface area contributed by atoms with E-state index in [9.17, 15) is 9.59 Å². The van der Waals surface area contributed by atoms with Gasteiger partial charge in [0.25, 0.3) is 11.5 Å². The van der Waals surface area contributed by atoms with Gasteiger partial charge in [-0.2, -0.15) is 9.78 Å². The monoisotopic (exact) mass is 351 g/mol. The number of hydrogen-bond acceptors (Lipinski definition) is 5. The van der Waals surface area contributed by atoms with E-state index < -0.39 is 11.5 Å². The van der Waals surface area contributed by atoms with Gasteiger partial charge in [-0.05, 0) is 24.3 Å². The standard InChI is InChI=1S/C19H17N3O4/c1-25-15-11-7-6-10-14(15)20-19(24)18-16(26-2)12-17(23)22(21-18)13-8-4-3-5-9-13/h3-12H,1-2H3,(H,20,24). The summed E-state index contributed by atoms with van der Waals surface area (Å²) < 4.78 is 11.5. The first-order valence-corrected chi connectivity index (χ1v) is 7.82. The Morgan fingerprint density at radius 1 is 0.962 bits per heavy atom. The lowest BCUT2D eigenvalue weighted by atomic mass is 10.2. The van der Waals surface area contributed by atoms with E-state index in [1.165, 1.54) is 20.3 Å². The number of hydrogen-bond donors (Lipinski definition) is 1. The number of methoxy groups -OCH3 is 2. The van der Waals surface area contributed by atoms with Gasteiger partial charge in [0.15, 0.2) is 11.4 Å². The van der Waals surface area contributed by atoms with E-state index in [0.717, 1.165) is 4.68 Å². The van der Waals surface area contributed by atoms with Crippen molar-refractivity contribution in [1.82, 2.24) is 9.78 Å². The number of nitrogens with one attached hydrogen (secondary N) is 1. The summed E-state index contributed by atoms with van der Waals surface area (Å²) in [4.78, 5) is 25.0. The van der Waals surface area contributed by atoms with Crippen molar-refractivity contribution in [1.29, 1.82) is 0 Å². The van der Waals surface area contributed by atoms with Crippen molar-refractivity contribution in [3.05, 3.63) is 76.7 Å². The summed E-state index contributed by atoms with van der Waals surface area (Å²) in [6.45, 7) is 0. The Bertz CT molecular complexity index is 984. The molecule has 0 radical (unpaired) electrons. The number of amides is 1. The molecule has 0 saturated carbocycles. The lowest BCUT2D eigenvalue weighted by Crippen LogP contribution is -2.26. The predicted molar refractivity (Wildman–Crippen MR) is 97.3 cm³/mol. The zero-order valence-electron chi connectivity index (χ0n) is 14.3. The molecule has 7 nitrogen and oxygen atoms in total. The number of benzene rings is 2. The molecule has 1 N–H and O–H groups in total. The molecule has 1 amide bonds. The summed E-state index contributed by atoms with van der Waals surface area (Å²) in [5, 5.41) is 6.92. The number of carbonyl (C=O) groups is 1. The first kappa shape index (κ1) is 17.2. The summed E-state index contributed by atoms with van der Waals surface area (Å²) in [6.07, 6.45) is 0. The lowest BCUT2D eigenvalue weighted by molar-refractivity contribution is 0.101. The summed E-state index contributed by atoms with van der Waals surface area (Å²) in [5.74, 6) is 0.0850. The zero-order chi connectivity index (χ0) is 18.5. The van der Waals surface area contributed by atoms with Gasteiger partial charge in [0.05, 0.1) is 31.7 Å². The summed E-state index contributed by atoms with van der Waals surface area (Å²) in [5.41, 5.74) is 0.622. The number of carbonyl (C=O) groups excluding carboxylic acids is 1. The Labute approximate surface area is 149 Å². The van der Waals surface area contributed by atoms with E-state index in [4.69, 9.17) is 9.47 Å². The van der Waals surface area contributed by atoms with E-state index in [-0.39, 0.29) is 11.4 Å². The number of rotatable bonds is 5. The highest BCUT2D eigenvalue weighted by molar-refractivity contribution is 6.05. The molecule has 0 aliphatic carbocycles. The highest BCUT2D eigenvalue weighted by atomic mass is 16.5.